The number of halogens is 2. The molecule has 4 heteroatoms. The predicted octanol–water partition coefficient (Wildman–Crippen LogP) is 2.64. The van der Waals surface area contributed by atoms with Crippen LogP contribution in [0.5, 0.6) is 0 Å². The van der Waals surface area contributed by atoms with Gasteiger partial charge in [0.2, 0.25) is 0 Å². The van der Waals surface area contributed by atoms with Crippen LogP contribution in [0.2, 0.25) is 0 Å². The molecule has 0 radical (unpaired) electrons. The van der Waals surface area contributed by atoms with E-state index in [2.05, 4.69) is 0 Å². The molecule has 1 heterocycles. The van der Waals surface area contributed by atoms with Crippen LogP contribution in [0, 0.1) is 11.6 Å². The van der Waals surface area contributed by atoms with E-state index < -0.39 is 17.7 Å². The maximum Gasteiger partial charge on any atom is 0.129 e. The third-order valence-corrected chi connectivity index (χ3v) is 3.38. The quantitative estimate of drug-likeness (QED) is 0.719. The van der Waals surface area contributed by atoms with E-state index in [4.69, 9.17) is 0 Å². The SMILES string of the molecule is O[C@H]1CCSCc2c(F)ccc(F)c21. The van der Waals surface area contributed by atoms with E-state index in [0.717, 1.165) is 17.9 Å². The van der Waals surface area contributed by atoms with Crippen molar-refractivity contribution in [3.8, 4) is 0 Å². The van der Waals surface area contributed by atoms with E-state index in [1.807, 2.05) is 0 Å². The van der Waals surface area contributed by atoms with Crippen molar-refractivity contribution in [2.75, 3.05) is 5.75 Å². The molecular formula is C10H10F2OS. The second-order valence-corrected chi connectivity index (χ2v) is 4.38. The third kappa shape index (κ3) is 1.64. The summed E-state index contributed by atoms with van der Waals surface area (Å²) in [7, 11) is 0. The standard InChI is InChI=1S/C10H10F2OS/c11-7-1-2-8(12)10-6(7)5-14-4-3-9(10)13/h1-2,9,13H,3-5H2/t9-/m0/s1. The topological polar surface area (TPSA) is 20.2 Å². The van der Waals surface area contributed by atoms with Gasteiger partial charge in [0.15, 0.2) is 0 Å². The summed E-state index contributed by atoms with van der Waals surface area (Å²) in [4.78, 5) is 0. The van der Waals surface area contributed by atoms with Gasteiger partial charge >= 0.3 is 0 Å². The Morgan fingerprint density at radius 3 is 2.79 bits per heavy atom. The summed E-state index contributed by atoms with van der Waals surface area (Å²) in [5.41, 5.74) is 0.468. The first-order chi connectivity index (χ1) is 6.70. The summed E-state index contributed by atoms with van der Waals surface area (Å²) >= 11 is 1.52. The first kappa shape index (κ1) is 9.93. The molecule has 14 heavy (non-hydrogen) atoms. The molecule has 76 valence electrons. The maximum absolute atomic E-state index is 13.3. The van der Waals surface area contributed by atoms with Crippen LogP contribution in [0.3, 0.4) is 0 Å². The van der Waals surface area contributed by atoms with Gasteiger partial charge in [-0.2, -0.15) is 11.8 Å². The summed E-state index contributed by atoms with van der Waals surface area (Å²) in [6.45, 7) is 0. The number of benzene rings is 1. The molecule has 0 aliphatic carbocycles. The number of hydrogen-bond donors (Lipinski definition) is 1. The molecule has 0 saturated heterocycles. The zero-order chi connectivity index (χ0) is 10.1. The fourth-order valence-corrected chi connectivity index (χ4v) is 2.66. The largest absolute Gasteiger partial charge is 0.388 e. The van der Waals surface area contributed by atoms with Gasteiger partial charge in [-0.1, -0.05) is 0 Å². The number of fused-ring (bicyclic) bond motifs is 1. The van der Waals surface area contributed by atoms with Crippen molar-refractivity contribution in [3.05, 3.63) is 34.9 Å². The summed E-state index contributed by atoms with van der Waals surface area (Å²) in [6, 6.07) is 2.19. The molecule has 0 fully saturated rings. The van der Waals surface area contributed by atoms with Gasteiger partial charge in [-0.05, 0) is 24.3 Å². The molecule has 0 unspecified atom stereocenters. The van der Waals surface area contributed by atoms with Crippen LogP contribution in [0.4, 0.5) is 8.78 Å². The molecule has 1 nitrogen and oxygen atoms in total. The lowest BCUT2D eigenvalue weighted by Gasteiger charge is -2.12. The average Bonchev–Trinajstić information content (AvgIpc) is 2.35. The summed E-state index contributed by atoms with van der Waals surface area (Å²) < 4.78 is 26.7. The normalized spacial score (nSPS) is 21.5. The molecular weight excluding hydrogens is 206 g/mol. The highest BCUT2D eigenvalue weighted by Crippen LogP contribution is 2.33. The van der Waals surface area contributed by atoms with E-state index in [1.54, 1.807) is 0 Å². The second-order valence-electron chi connectivity index (χ2n) is 3.28. The number of rotatable bonds is 0. The Hall–Kier alpha value is -0.610. The molecule has 1 aromatic carbocycles. The van der Waals surface area contributed by atoms with Crippen LogP contribution in [0.1, 0.15) is 23.7 Å². The van der Waals surface area contributed by atoms with Crippen molar-refractivity contribution in [2.45, 2.75) is 18.3 Å². The Morgan fingerprint density at radius 1 is 1.29 bits per heavy atom. The van der Waals surface area contributed by atoms with Crippen LogP contribution < -0.4 is 0 Å². The maximum atomic E-state index is 13.3. The van der Waals surface area contributed by atoms with Crippen LogP contribution in [0.15, 0.2) is 12.1 Å². The molecule has 0 saturated carbocycles. The minimum atomic E-state index is -0.865. The zero-order valence-electron chi connectivity index (χ0n) is 7.46. The average molecular weight is 216 g/mol. The number of aliphatic hydroxyl groups is 1. The highest BCUT2D eigenvalue weighted by Gasteiger charge is 2.22. The molecule has 1 aromatic rings. The molecule has 2 rings (SSSR count). The smallest absolute Gasteiger partial charge is 0.129 e. The summed E-state index contributed by atoms with van der Waals surface area (Å²) in [5.74, 6) is 0.247. The molecule has 0 amide bonds. The van der Waals surface area contributed by atoms with Crippen LogP contribution >= 0.6 is 11.8 Å². The van der Waals surface area contributed by atoms with Crippen LogP contribution in [-0.4, -0.2) is 10.9 Å². The molecule has 1 N–H and O–H groups in total. The van der Waals surface area contributed by atoms with E-state index in [1.165, 1.54) is 11.8 Å². The zero-order valence-corrected chi connectivity index (χ0v) is 8.28. The first-order valence-corrected chi connectivity index (χ1v) is 5.58. The Labute approximate surface area is 85.1 Å². The summed E-state index contributed by atoms with van der Waals surface area (Å²) in [6.07, 6.45) is -0.381. The Morgan fingerprint density at radius 2 is 2.00 bits per heavy atom. The van der Waals surface area contributed by atoms with E-state index in [-0.39, 0.29) is 5.56 Å². The first-order valence-electron chi connectivity index (χ1n) is 4.42. The molecule has 0 aromatic heterocycles. The molecule has 0 spiro atoms. The lowest BCUT2D eigenvalue weighted by atomic mass is 10.0. The van der Waals surface area contributed by atoms with Gasteiger partial charge in [-0.3, -0.25) is 0 Å². The Balaban J connectivity index is 2.57. The van der Waals surface area contributed by atoms with Gasteiger partial charge in [0, 0.05) is 16.9 Å². The van der Waals surface area contributed by atoms with Crippen molar-refractivity contribution in [3.63, 3.8) is 0 Å². The summed E-state index contributed by atoms with van der Waals surface area (Å²) in [5, 5.41) is 9.63. The minimum absolute atomic E-state index is 0.148. The Kier molecular flexibility index (Phi) is 2.74. The second kappa shape index (κ2) is 3.87. The molecule has 0 bridgehead atoms. The van der Waals surface area contributed by atoms with E-state index in [0.29, 0.717) is 17.7 Å². The van der Waals surface area contributed by atoms with E-state index >= 15 is 0 Å². The van der Waals surface area contributed by atoms with Gasteiger partial charge in [-0.25, -0.2) is 8.78 Å². The number of hydrogen-bond acceptors (Lipinski definition) is 2. The highest BCUT2D eigenvalue weighted by molar-refractivity contribution is 7.98. The lowest BCUT2D eigenvalue weighted by molar-refractivity contribution is 0.169. The Bertz CT molecular complexity index is 354. The van der Waals surface area contributed by atoms with Gasteiger partial charge < -0.3 is 5.11 Å². The third-order valence-electron chi connectivity index (χ3n) is 2.36. The van der Waals surface area contributed by atoms with Crippen molar-refractivity contribution in [1.82, 2.24) is 0 Å². The van der Waals surface area contributed by atoms with Crippen LogP contribution in [-0.2, 0) is 5.75 Å². The van der Waals surface area contributed by atoms with Crippen molar-refractivity contribution in [1.29, 1.82) is 0 Å². The van der Waals surface area contributed by atoms with Crippen molar-refractivity contribution >= 4 is 11.8 Å². The predicted molar refractivity (Wildman–Crippen MR) is 52.1 cm³/mol. The van der Waals surface area contributed by atoms with Crippen molar-refractivity contribution < 1.29 is 13.9 Å². The highest BCUT2D eigenvalue weighted by atomic mass is 32.2. The van der Waals surface area contributed by atoms with Gasteiger partial charge in [0.25, 0.3) is 0 Å². The van der Waals surface area contributed by atoms with Gasteiger partial charge in [0.1, 0.15) is 11.6 Å². The fourth-order valence-electron chi connectivity index (χ4n) is 1.63. The van der Waals surface area contributed by atoms with E-state index in [9.17, 15) is 13.9 Å². The number of thioether (sulfide) groups is 1. The molecule has 1 aliphatic heterocycles. The van der Waals surface area contributed by atoms with Gasteiger partial charge in [-0.15, -0.1) is 0 Å². The monoisotopic (exact) mass is 216 g/mol. The molecule has 1 atom stereocenters. The lowest BCUT2D eigenvalue weighted by Crippen LogP contribution is -2.05. The minimum Gasteiger partial charge on any atom is -0.388 e. The fraction of sp³-hybridized carbons (Fsp3) is 0.400. The van der Waals surface area contributed by atoms with Gasteiger partial charge in [0.05, 0.1) is 6.10 Å². The molecule has 1 aliphatic rings. The van der Waals surface area contributed by atoms with Crippen molar-refractivity contribution in [2.24, 2.45) is 0 Å². The number of aliphatic hydroxyl groups excluding tert-OH is 1. The van der Waals surface area contributed by atoms with Crippen LogP contribution in [0.25, 0.3) is 0 Å².